The van der Waals surface area contributed by atoms with Gasteiger partial charge in [0.1, 0.15) is 0 Å². The molecule has 2 aromatic heterocycles. The van der Waals surface area contributed by atoms with Crippen molar-refractivity contribution in [2.24, 2.45) is 7.05 Å². The van der Waals surface area contributed by atoms with E-state index < -0.39 is 0 Å². The van der Waals surface area contributed by atoms with E-state index >= 15 is 0 Å². The molecular weight excluding hydrogens is 500 g/mol. The van der Waals surface area contributed by atoms with Crippen molar-refractivity contribution >= 4 is 32.6 Å². The molecule has 0 unspecified atom stereocenters. The van der Waals surface area contributed by atoms with Gasteiger partial charge in [0.05, 0.1) is 11.0 Å². The van der Waals surface area contributed by atoms with Crippen LogP contribution in [0.1, 0.15) is 0 Å². The first-order valence-corrected chi connectivity index (χ1v) is 13.8. The Balaban J connectivity index is 1.24. The molecule has 8 aromatic rings. The highest BCUT2D eigenvalue weighted by atomic mass is 15.4. The molecular formula is C37H26N4. The van der Waals surface area contributed by atoms with E-state index in [2.05, 4.69) is 138 Å². The summed E-state index contributed by atoms with van der Waals surface area (Å²) in [5.74, 6) is 1.50. The standard InChI is InChI=1S/C37H26N4/c1-40-36(30-14-9-13-29(24-30)27-20-18-26(19-21-27)25-10-3-2-4-11-25)38-37(39-40)41-34-17-8-7-16-32(34)33-23-22-28-12-5-6-15-31(28)35(33)41/h2-24H,1H3. The van der Waals surface area contributed by atoms with Crippen LogP contribution in [0.3, 0.4) is 0 Å². The van der Waals surface area contributed by atoms with Crippen LogP contribution in [0.4, 0.5) is 0 Å². The van der Waals surface area contributed by atoms with Crippen LogP contribution in [-0.2, 0) is 7.05 Å². The molecule has 0 radical (unpaired) electrons. The number of aromatic nitrogens is 4. The van der Waals surface area contributed by atoms with Gasteiger partial charge in [0, 0.05) is 28.8 Å². The van der Waals surface area contributed by atoms with E-state index in [9.17, 15) is 0 Å². The Hall–Kier alpha value is -5.48. The normalized spacial score (nSPS) is 11.5. The van der Waals surface area contributed by atoms with E-state index in [-0.39, 0.29) is 0 Å². The highest BCUT2D eigenvalue weighted by Crippen LogP contribution is 2.36. The summed E-state index contributed by atoms with van der Waals surface area (Å²) < 4.78 is 4.10. The quantitative estimate of drug-likeness (QED) is 0.229. The predicted octanol–water partition coefficient (Wildman–Crippen LogP) is 9.07. The molecule has 0 spiro atoms. The van der Waals surface area contributed by atoms with Crippen LogP contribution in [0.5, 0.6) is 0 Å². The van der Waals surface area contributed by atoms with Gasteiger partial charge in [-0.2, -0.15) is 4.98 Å². The SMILES string of the molecule is Cn1nc(-n2c3ccccc3c3ccc4ccccc4c32)nc1-c1cccc(-c2ccc(-c3ccccc3)cc2)c1. The van der Waals surface area contributed by atoms with Gasteiger partial charge in [0.25, 0.3) is 5.95 Å². The molecule has 0 fully saturated rings. The number of hydrogen-bond donors (Lipinski definition) is 0. The summed E-state index contributed by atoms with van der Waals surface area (Å²) in [6.07, 6.45) is 0. The molecule has 0 amide bonds. The van der Waals surface area contributed by atoms with Gasteiger partial charge in [-0.15, -0.1) is 5.10 Å². The van der Waals surface area contributed by atoms with Gasteiger partial charge in [0.15, 0.2) is 5.82 Å². The van der Waals surface area contributed by atoms with Crippen molar-refractivity contribution in [2.75, 3.05) is 0 Å². The fraction of sp³-hybridized carbons (Fsp3) is 0.0270. The summed E-state index contributed by atoms with van der Waals surface area (Å²) in [4.78, 5) is 5.13. The molecule has 4 heteroatoms. The van der Waals surface area contributed by atoms with Crippen molar-refractivity contribution < 1.29 is 0 Å². The third kappa shape index (κ3) is 3.84. The van der Waals surface area contributed by atoms with E-state index in [0.717, 1.165) is 28.0 Å². The number of fused-ring (bicyclic) bond motifs is 5. The second kappa shape index (κ2) is 9.32. The minimum Gasteiger partial charge on any atom is -0.276 e. The average molecular weight is 527 g/mol. The molecule has 41 heavy (non-hydrogen) atoms. The van der Waals surface area contributed by atoms with Gasteiger partial charge in [0.2, 0.25) is 0 Å². The van der Waals surface area contributed by atoms with Crippen molar-refractivity contribution in [3.63, 3.8) is 0 Å². The first kappa shape index (κ1) is 23.4. The number of hydrogen-bond acceptors (Lipinski definition) is 2. The predicted molar refractivity (Wildman–Crippen MR) is 169 cm³/mol. The first-order valence-electron chi connectivity index (χ1n) is 13.8. The fourth-order valence-corrected chi connectivity index (χ4v) is 5.98. The molecule has 4 nitrogen and oxygen atoms in total. The van der Waals surface area contributed by atoms with Crippen molar-refractivity contribution in [3.8, 4) is 39.6 Å². The molecule has 0 aliphatic carbocycles. The van der Waals surface area contributed by atoms with Crippen molar-refractivity contribution in [3.05, 3.63) is 140 Å². The van der Waals surface area contributed by atoms with Gasteiger partial charge >= 0.3 is 0 Å². The molecule has 6 aromatic carbocycles. The van der Waals surface area contributed by atoms with Gasteiger partial charge in [-0.05, 0) is 39.8 Å². The molecule has 0 bridgehead atoms. The fourth-order valence-electron chi connectivity index (χ4n) is 5.98. The lowest BCUT2D eigenvalue weighted by Gasteiger charge is -2.07. The molecule has 2 heterocycles. The Morgan fingerprint density at radius 2 is 1.12 bits per heavy atom. The molecule has 194 valence electrons. The minimum absolute atomic E-state index is 0.669. The summed E-state index contributed by atoms with van der Waals surface area (Å²) in [6.45, 7) is 0. The number of nitrogens with zero attached hydrogens (tertiary/aromatic N) is 4. The molecule has 0 aliphatic rings. The van der Waals surface area contributed by atoms with E-state index in [1.807, 2.05) is 17.8 Å². The highest BCUT2D eigenvalue weighted by molar-refractivity contribution is 6.18. The summed E-state index contributed by atoms with van der Waals surface area (Å²) in [5, 5.41) is 9.74. The summed E-state index contributed by atoms with van der Waals surface area (Å²) in [7, 11) is 1.97. The maximum atomic E-state index is 5.13. The zero-order chi connectivity index (χ0) is 27.3. The van der Waals surface area contributed by atoms with Crippen molar-refractivity contribution in [1.29, 1.82) is 0 Å². The van der Waals surface area contributed by atoms with Crippen molar-refractivity contribution in [1.82, 2.24) is 19.3 Å². The Bertz CT molecular complexity index is 2200. The van der Waals surface area contributed by atoms with Crippen LogP contribution in [0, 0.1) is 0 Å². The number of benzene rings is 6. The Morgan fingerprint density at radius 3 is 1.95 bits per heavy atom. The van der Waals surface area contributed by atoms with Crippen LogP contribution < -0.4 is 0 Å². The van der Waals surface area contributed by atoms with E-state index in [0.29, 0.717) is 5.95 Å². The van der Waals surface area contributed by atoms with Crippen LogP contribution >= 0.6 is 0 Å². The average Bonchev–Trinajstić information content (AvgIpc) is 3.59. The van der Waals surface area contributed by atoms with Crippen LogP contribution in [-0.4, -0.2) is 19.3 Å². The van der Waals surface area contributed by atoms with E-state index in [4.69, 9.17) is 10.1 Å². The lowest BCUT2D eigenvalue weighted by atomic mass is 9.99. The van der Waals surface area contributed by atoms with Gasteiger partial charge in [-0.3, -0.25) is 4.57 Å². The Morgan fingerprint density at radius 1 is 0.488 bits per heavy atom. The highest BCUT2D eigenvalue weighted by Gasteiger charge is 2.19. The molecule has 0 aliphatic heterocycles. The zero-order valence-electron chi connectivity index (χ0n) is 22.6. The van der Waals surface area contributed by atoms with Crippen molar-refractivity contribution in [2.45, 2.75) is 0 Å². The molecule has 0 atom stereocenters. The zero-order valence-corrected chi connectivity index (χ0v) is 22.6. The second-order valence-corrected chi connectivity index (χ2v) is 10.4. The van der Waals surface area contributed by atoms with E-state index in [1.54, 1.807) is 0 Å². The van der Waals surface area contributed by atoms with Gasteiger partial charge in [-0.25, -0.2) is 4.68 Å². The minimum atomic E-state index is 0.669. The Kier molecular flexibility index (Phi) is 5.32. The molecule has 0 N–H and O–H groups in total. The smallest absolute Gasteiger partial charge is 0.254 e. The Labute approximate surface area is 237 Å². The third-order valence-electron chi connectivity index (χ3n) is 7.96. The number of para-hydroxylation sites is 1. The number of rotatable bonds is 4. The maximum absolute atomic E-state index is 5.13. The number of aryl methyl sites for hydroxylation is 1. The summed E-state index contributed by atoms with van der Waals surface area (Å²) in [6, 6.07) is 49.2. The summed E-state index contributed by atoms with van der Waals surface area (Å²) >= 11 is 0. The molecule has 0 saturated carbocycles. The summed E-state index contributed by atoms with van der Waals surface area (Å²) in [5.41, 5.74) is 8.01. The molecule has 8 rings (SSSR count). The van der Waals surface area contributed by atoms with Crippen LogP contribution in [0.2, 0.25) is 0 Å². The largest absolute Gasteiger partial charge is 0.276 e. The van der Waals surface area contributed by atoms with Gasteiger partial charge < -0.3 is 0 Å². The first-order chi connectivity index (χ1) is 20.2. The third-order valence-corrected chi connectivity index (χ3v) is 7.96. The van der Waals surface area contributed by atoms with Crippen LogP contribution in [0.15, 0.2) is 140 Å². The second-order valence-electron chi connectivity index (χ2n) is 10.4. The van der Waals surface area contributed by atoms with E-state index in [1.165, 1.54) is 38.2 Å². The maximum Gasteiger partial charge on any atom is 0.254 e. The molecule has 0 saturated heterocycles. The monoisotopic (exact) mass is 526 g/mol. The van der Waals surface area contributed by atoms with Crippen LogP contribution in [0.25, 0.3) is 72.2 Å². The topological polar surface area (TPSA) is 35.6 Å². The lowest BCUT2D eigenvalue weighted by molar-refractivity contribution is 0.764. The van der Waals surface area contributed by atoms with Gasteiger partial charge in [-0.1, -0.05) is 127 Å². The lowest BCUT2D eigenvalue weighted by Crippen LogP contribution is -1.98.